The first kappa shape index (κ1) is 20.4. The highest BCUT2D eigenvalue weighted by Crippen LogP contribution is 2.33. The molecule has 0 aliphatic carbocycles. The maximum Gasteiger partial charge on any atom is 0.266 e. The molecule has 0 spiro atoms. The number of fused-ring (bicyclic) bond motifs is 1. The van der Waals surface area contributed by atoms with Crippen molar-refractivity contribution in [3.05, 3.63) is 80.3 Å². The smallest absolute Gasteiger partial charge is 0.266 e. The first-order valence-corrected chi connectivity index (χ1v) is 11.5. The Hall–Kier alpha value is -1.90. The molecule has 0 aromatic heterocycles. The van der Waals surface area contributed by atoms with E-state index in [2.05, 4.69) is 52.9 Å². The minimum Gasteiger partial charge on any atom is -0.488 e. The van der Waals surface area contributed by atoms with E-state index in [1.807, 2.05) is 43.3 Å². The molecule has 1 fully saturated rings. The van der Waals surface area contributed by atoms with Gasteiger partial charge in [0.05, 0.1) is 8.48 Å². The predicted octanol–water partition coefficient (Wildman–Crippen LogP) is 6.24. The second kappa shape index (κ2) is 8.85. The predicted molar refractivity (Wildman–Crippen MR) is 133 cm³/mol. The molecule has 0 atom stereocenters. The van der Waals surface area contributed by atoms with Crippen LogP contribution < -0.4 is 4.74 Å². The zero-order valence-electron chi connectivity index (χ0n) is 15.7. The van der Waals surface area contributed by atoms with Gasteiger partial charge in [0.25, 0.3) is 5.91 Å². The van der Waals surface area contributed by atoms with E-state index in [0.717, 1.165) is 20.4 Å². The molecule has 1 heterocycles. The third-order valence-electron chi connectivity index (χ3n) is 4.65. The van der Waals surface area contributed by atoms with Crippen molar-refractivity contribution in [2.75, 3.05) is 6.54 Å². The average molecular weight is 531 g/mol. The molecular formula is C23H18INO2S2. The molecule has 1 aliphatic rings. The molecule has 29 heavy (non-hydrogen) atoms. The Kier molecular flexibility index (Phi) is 6.22. The van der Waals surface area contributed by atoms with Gasteiger partial charge in [-0.3, -0.25) is 9.69 Å². The molecule has 3 aromatic carbocycles. The Morgan fingerprint density at radius 2 is 1.90 bits per heavy atom. The number of benzene rings is 3. The maximum atomic E-state index is 12.4. The zero-order chi connectivity index (χ0) is 20.4. The normalized spacial score (nSPS) is 15.5. The number of thiocarbonyl (C=S) groups is 1. The standard InChI is InChI=1S/C23H18INO2S2/c1-2-25-22(26)21(29-23(25)28)13-15-8-10-20(19(24)12-15)27-14-16-7-9-17-5-3-4-6-18(17)11-16/h3-13H,2,14H2,1H3/b21-13-. The van der Waals surface area contributed by atoms with Crippen molar-refractivity contribution in [2.45, 2.75) is 13.5 Å². The van der Waals surface area contributed by atoms with Gasteiger partial charge >= 0.3 is 0 Å². The molecule has 0 radical (unpaired) electrons. The van der Waals surface area contributed by atoms with Crippen LogP contribution in [0.2, 0.25) is 0 Å². The molecule has 1 amide bonds. The minimum absolute atomic E-state index is 0.0193. The molecule has 146 valence electrons. The van der Waals surface area contributed by atoms with Gasteiger partial charge in [0, 0.05) is 6.54 Å². The summed E-state index contributed by atoms with van der Waals surface area (Å²) in [5.74, 6) is 0.811. The van der Waals surface area contributed by atoms with E-state index in [9.17, 15) is 4.79 Å². The summed E-state index contributed by atoms with van der Waals surface area (Å²) in [5.41, 5.74) is 2.09. The van der Waals surface area contributed by atoms with E-state index in [0.29, 0.717) is 22.4 Å². The number of thioether (sulfide) groups is 1. The number of halogens is 1. The number of ether oxygens (including phenoxy) is 1. The summed E-state index contributed by atoms with van der Waals surface area (Å²) >= 11 is 8.90. The van der Waals surface area contributed by atoms with Gasteiger partial charge in [0.15, 0.2) is 0 Å². The highest BCUT2D eigenvalue weighted by atomic mass is 127. The van der Waals surface area contributed by atoms with Crippen LogP contribution in [0.4, 0.5) is 0 Å². The maximum absolute atomic E-state index is 12.4. The van der Waals surface area contributed by atoms with Gasteiger partial charge in [-0.25, -0.2) is 0 Å². The quantitative estimate of drug-likeness (QED) is 0.221. The van der Waals surface area contributed by atoms with Crippen molar-refractivity contribution in [2.24, 2.45) is 0 Å². The largest absolute Gasteiger partial charge is 0.488 e. The van der Waals surface area contributed by atoms with Crippen LogP contribution in [0.25, 0.3) is 16.8 Å². The monoisotopic (exact) mass is 531 g/mol. The summed E-state index contributed by atoms with van der Waals surface area (Å²) in [6.45, 7) is 3.04. The summed E-state index contributed by atoms with van der Waals surface area (Å²) in [5, 5.41) is 2.44. The summed E-state index contributed by atoms with van der Waals surface area (Å²) in [7, 11) is 0. The minimum atomic E-state index is -0.0193. The summed E-state index contributed by atoms with van der Waals surface area (Å²) in [6.07, 6.45) is 1.89. The van der Waals surface area contributed by atoms with Crippen LogP contribution in [0.1, 0.15) is 18.1 Å². The lowest BCUT2D eigenvalue weighted by atomic mass is 10.1. The topological polar surface area (TPSA) is 29.5 Å². The second-order valence-electron chi connectivity index (χ2n) is 6.59. The van der Waals surface area contributed by atoms with Crippen LogP contribution in [0.15, 0.2) is 65.6 Å². The van der Waals surface area contributed by atoms with Crippen LogP contribution in [0.5, 0.6) is 5.75 Å². The first-order valence-electron chi connectivity index (χ1n) is 9.20. The van der Waals surface area contributed by atoms with Gasteiger partial charge in [-0.05, 0) is 75.7 Å². The Bertz CT molecular complexity index is 1140. The molecule has 6 heteroatoms. The molecule has 0 saturated carbocycles. The van der Waals surface area contributed by atoms with E-state index < -0.39 is 0 Å². The fourth-order valence-corrected chi connectivity index (χ4v) is 5.22. The fourth-order valence-electron chi connectivity index (χ4n) is 3.14. The third-order valence-corrected chi connectivity index (χ3v) is 6.87. The number of likely N-dealkylation sites (N-methyl/N-ethyl adjacent to an activating group) is 1. The van der Waals surface area contributed by atoms with Crippen molar-refractivity contribution in [3.8, 4) is 5.75 Å². The lowest BCUT2D eigenvalue weighted by molar-refractivity contribution is -0.121. The van der Waals surface area contributed by atoms with Crippen LogP contribution in [0, 0.1) is 3.57 Å². The molecule has 0 N–H and O–H groups in total. The van der Waals surface area contributed by atoms with E-state index in [1.165, 1.54) is 22.5 Å². The van der Waals surface area contributed by atoms with Crippen molar-refractivity contribution in [1.29, 1.82) is 0 Å². The number of nitrogens with zero attached hydrogens (tertiary/aromatic N) is 1. The van der Waals surface area contributed by atoms with Gasteiger partial charge < -0.3 is 4.74 Å². The molecule has 1 aliphatic heterocycles. The van der Waals surface area contributed by atoms with Crippen LogP contribution >= 0.6 is 46.6 Å². The van der Waals surface area contributed by atoms with E-state index in [1.54, 1.807) is 4.90 Å². The highest BCUT2D eigenvalue weighted by Gasteiger charge is 2.30. The zero-order valence-corrected chi connectivity index (χ0v) is 19.5. The lowest BCUT2D eigenvalue weighted by Crippen LogP contribution is -2.27. The average Bonchev–Trinajstić information content (AvgIpc) is 2.99. The third kappa shape index (κ3) is 4.49. The van der Waals surface area contributed by atoms with E-state index in [4.69, 9.17) is 17.0 Å². The van der Waals surface area contributed by atoms with Crippen molar-refractivity contribution in [3.63, 3.8) is 0 Å². The Balaban J connectivity index is 1.48. The molecule has 4 rings (SSSR count). The van der Waals surface area contributed by atoms with Crippen LogP contribution in [-0.2, 0) is 11.4 Å². The first-order chi connectivity index (χ1) is 14.0. The molecular weight excluding hydrogens is 513 g/mol. The SMILES string of the molecule is CCN1C(=O)/C(=C/c2ccc(OCc3ccc4ccccc4c3)c(I)c2)SC1=S. The molecule has 1 saturated heterocycles. The van der Waals surface area contributed by atoms with E-state index in [-0.39, 0.29) is 5.91 Å². The number of carbonyl (C=O) groups excluding carboxylic acids is 1. The van der Waals surface area contributed by atoms with Gasteiger partial charge in [0.1, 0.15) is 16.7 Å². The summed E-state index contributed by atoms with van der Waals surface area (Å²) < 4.78 is 7.66. The second-order valence-corrected chi connectivity index (χ2v) is 9.42. The number of rotatable bonds is 5. The van der Waals surface area contributed by atoms with Crippen molar-refractivity contribution >= 4 is 73.6 Å². The van der Waals surface area contributed by atoms with Gasteiger partial charge in [-0.2, -0.15) is 0 Å². The van der Waals surface area contributed by atoms with Gasteiger partial charge in [0.2, 0.25) is 0 Å². The molecule has 0 unspecified atom stereocenters. The van der Waals surface area contributed by atoms with Gasteiger partial charge in [-0.1, -0.05) is 66.4 Å². The Morgan fingerprint density at radius 3 is 2.62 bits per heavy atom. The van der Waals surface area contributed by atoms with Gasteiger partial charge in [-0.15, -0.1) is 0 Å². The van der Waals surface area contributed by atoms with Crippen LogP contribution in [-0.4, -0.2) is 21.7 Å². The number of amides is 1. The summed E-state index contributed by atoms with van der Waals surface area (Å²) in [4.78, 5) is 14.7. The lowest BCUT2D eigenvalue weighted by Gasteiger charge is -2.10. The molecule has 0 bridgehead atoms. The van der Waals surface area contributed by atoms with Crippen LogP contribution in [0.3, 0.4) is 0 Å². The summed E-state index contributed by atoms with van der Waals surface area (Å²) in [6, 6.07) is 20.6. The van der Waals surface area contributed by atoms with E-state index >= 15 is 0 Å². The fraction of sp³-hybridized carbons (Fsp3) is 0.130. The number of carbonyl (C=O) groups is 1. The highest BCUT2D eigenvalue weighted by molar-refractivity contribution is 14.1. The Labute approximate surface area is 193 Å². The van der Waals surface area contributed by atoms with Crippen molar-refractivity contribution in [1.82, 2.24) is 4.90 Å². The molecule has 3 aromatic rings. The number of hydrogen-bond acceptors (Lipinski definition) is 4. The Morgan fingerprint density at radius 1 is 1.10 bits per heavy atom. The number of hydrogen-bond donors (Lipinski definition) is 0. The molecule has 3 nitrogen and oxygen atoms in total. The van der Waals surface area contributed by atoms with Crippen molar-refractivity contribution < 1.29 is 9.53 Å².